The largest absolute Gasteiger partial charge is 0.481 e. The molecule has 9 heteroatoms. The van der Waals surface area contributed by atoms with E-state index in [1.165, 1.54) is 12.1 Å². The second-order valence-electron chi connectivity index (χ2n) is 11.2. The summed E-state index contributed by atoms with van der Waals surface area (Å²) in [5, 5.41) is 13.3. The second-order valence-corrected chi connectivity index (χ2v) is 11.2. The van der Waals surface area contributed by atoms with Gasteiger partial charge in [-0.25, -0.2) is 10.2 Å². The lowest BCUT2D eigenvalue weighted by molar-refractivity contribution is 0.0297. The van der Waals surface area contributed by atoms with Crippen molar-refractivity contribution in [2.45, 2.75) is 44.8 Å². The van der Waals surface area contributed by atoms with E-state index in [0.29, 0.717) is 53.5 Å². The number of hydrogen-bond acceptors (Lipinski definition) is 7. The molecule has 1 saturated heterocycles. The molecule has 0 amide bonds. The number of halogens is 1. The number of hydrogen-bond donors (Lipinski definition) is 3. The molecule has 3 heterocycles. The number of nitrogens with zero attached hydrogens (tertiary/aromatic N) is 3. The summed E-state index contributed by atoms with van der Waals surface area (Å²) in [6.45, 7) is 3.74. The molecule has 5 N–H and O–H groups in total. The third-order valence-corrected chi connectivity index (χ3v) is 8.24. The standard InChI is InChI=1S/C26H34FN5O3.C6H6/c1-26(33,17-4-5-17)19-7-6-18-22-20(12-16(13-30-22)23(31(2)29)25(28)34-3)32(24(18)21(19)27)14-15-8-10-35-11-9-15;1-2-4-6-5-3-1/h6-7,12-13,15,17,33H,4-5,8-11,14,28-29H2,1-3H3;1-6H/b25-23+;. The molecule has 2 aliphatic rings. The van der Waals surface area contributed by atoms with Crippen molar-refractivity contribution in [3.05, 3.63) is 83.6 Å². The summed E-state index contributed by atoms with van der Waals surface area (Å²) < 4.78 is 29.1. The molecule has 2 aromatic carbocycles. The van der Waals surface area contributed by atoms with Crippen molar-refractivity contribution in [1.82, 2.24) is 14.6 Å². The average molecular weight is 562 g/mol. The average Bonchev–Trinajstić information content (AvgIpc) is 3.80. The van der Waals surface area contributed by atoms with Crippen molar-refractivity contribution in [2.24, 2.45) is 23.4 Å². The van der Waals surface area contributed by atoms with Crippen LogP contribution in [0, 0.1) is 17.7 Å². The summed E-state index contributed by atoms with van der Waals surface area (Å²) in [5.41, 5.74) is 8.33. The Hall–Kier alpha value is -3.66. The Morgan fingerprint density at radius 1 is 1.15 bits per heavy atom. The number of rotatable bonds is 7. The smallest absolute Gasteiger partial charge is 0.210 e. The maximum atomic E-state index is 16.3. The van der Waals surface area contributed by atoms with Gasteiger partial charge in [0.2, 0.25) is 5.88 Å². The number of ether oxygens (including phenoxy) is 2. The minimum absolute atomic E-state index is 0.0808. The van der Waals surface area contributed by atoms with Gasteiger partial charge in [0.15, 0.2) is 5.82 Å². The van der Waals surface area contributed by atoms with E-state index in [1.54, 1.807) is 26.2 Å². The predicted octanol–water partition coefficient (Wildman–Crippen LogP) is 5.10. The molecular weight excluding hydrogens is 521 g/mol. The number of methoxy groups -OCH3 is 1. The summed E-state index contributed by atoms with van der Waals surface area (Å²) in [5.74, 6) is 6.26. The van der Waals surface area contributed by atoms with Gasteiger partial charge in [-0.05, 0) is 50.5 Å². The van der Waals surface area contributed by atoms with E-state index in [9.17, 15) is 5.11 Å². The van der Waals surface area contributed by atoms with Gasteiger partial charge >= 0.3 is 0 Å². The lowest BCUT2D eigenvalue weighted by Gasteiger charge is -2.26. The van der Waals surface area contributed by atoms with Crippen LogP contribution in [0.25, 0.3) is 27.6 Å². The van der Waals surface area contributed by atoms with Crippen LogP contribution in [0.1, 0.15) is 43.7 Å². The van der Waals surface area contributed by atoms with Crippen LogP contribution in [0.4, 0.5) is 4.39 Å². The van der Waals surface area contributed by atoms with Crippen molar-refractivity contribution in [2.75, 3.05) is 27.4 Å². The number of pyridine rings is 1. The maximum absolute atomic E-state index is 16.3. The van der Waals surface area contributed by atoms with E-state index in [-0.39, 0.29) is 17.6 Å². The monoisotopic (exact) mass is 561 g/mol. The molecule has 41 heavy (non-hydrogen) atoms. The number of aromatic nitrogens is 2. The Balaban J connectivity index is 0.000000500. The van der Waals surface area contributed by atoms with Gasteiger partial charge in [0, 0.05) is 49.5 Å². The fraction of sp³-hybridized carbons (Fsp3) is 0.406. The first-order chi connectivity index (χ1) is 19.7. The molecule has 0 bridgehead atoms. The molecular formula is C32H40FN5O3. The van der Waals surface area contributed by atoms with Crippen molar-refractivity contribution in [3.8, 4) is 0 Å². The molecule has 8 nitrogen and oxygen atoms in total. The molecule has 0 spiro atoms. The van der Waals surface area contributed by atoms with Crippen molar-refractivity contribution >= 4 is 27.6 Å². The first kappa shape index (κ1) is 28.9. The molecule has 0 radical (unpaired) electrons. The quantitative estimate of drug-likeness (QED) is 0.164. The molecule has 6 rings (SSSR count). The summed E-state index contributed by atoms with van der Waals surface area (Å²) in [4.78, 5) is 4.72. The molecule has 218 valence electrons. The van der Waals surface area contributed by atoms with Crippen LogP contribution in [0.2, 0.25) is 0 Å². The van der Waals surface area contributed by atoms with Gasteiger partial charge in [0.25, 0.3) is 0 Å². The van der Waals surface area contributed by atoms with Gasteiger partial charge < -0.3 is 29.9 Å². The van der Waals surface area contributed by atoms with E-state index in [1.807, 2.05) is 53.1 Å². The Kier molecular flexibility index (Phi) is 8.49. The highest BCUT2D eigenvalue weighted by Gasteiger charge is 2.43. The number of aliphatic hydroxyl groups is 1. The highest BCUT2D eigenvalue weighted by Crippen LogP contribution is 2.47. The van der Waals surface area contributed by atoms with E-state index in [0.717, 1.165) is 36.6 Å². The SMILES string of the molecule is CO/C(N)=C(\c1cnc2c3ccc(C(C)(O)C4CC4)c(F)c3n(CC3CCOCC3)c2c1)N(C)N.c1ccccc1. The Labute approximate surface area is 240 Å². The lowest BCUT2D eigenvalue weighted by atomic mass is 9.89. The van der Waals surface area contributed by atoms with Gasteiger partial charge in [-0.15, -0.1) is 0 Å². The number of nitrogens with two attached hydrogens (primary N) is 2. The van der Waals surface area contributed by atoms with Gasteiger partial charge in [0.1, 0.15) is 5.70 Å². The maximum Gasteiger partial charge on any atom is 0.210 e. The second kappa shape index (κ2) is 12.1. The molecule has 1 saturated carbocycles. The number of fused-ring (bicyclic) bond motifs is 3. The lowest BCUT2D eigenvalue weighted by Crippen LogP contribution is -2.27. The molecule has 1 aliphatic heterocycles. The summed E-state index contributed by atoms with van der Waals surface area (Å²) in [6.07, 6.45) is 5.30. The zero-order valence-corrected chi connectivity index (χ0v) is 24.0. The van der Waals surface area contributed by atoms with Crippen LogP contribution >= 0.6 is 0 Å². The topological polar surface area (TPSA) is 112 Å². The van der Waals surface area contributed by atoms with Gasteiger partial charge in [-0.1, -0.05) is 48.5 Å². The van der Waals surface area contributed by atoms with Crippen LogP contribution in [-0.2, 0) is 21.6 Å². The van der Waals surface area contributed by atoms with Crippen molar-refractivity contribution in [1.29, 1.82) is 0 Å². The highest BCUT2D eigenvalue weighted by molar-refractivity contribution is 6.06. The third-order valence-electron chi connectivity index (χ3n) is 8.24. The van der Waals surface area contributed by atoms with Crippen LogP contribution < -0.4 is 11.6 Å². The summed E-state index contributed by atoms with van der Waals surface area (Å²) in [7, 11) is 3.16. The molecule has 1 aliphatic carbocycles. The Morgan fingerprint density at radius 3 is 2.34 bits per heavy atom. The highest BCUT2D eigenvalue weighted by atomic mass is 19.1. The zero-order chi connectivity index (χ0) is 29.1. The third kappa shape index (κ3) is 5.88. The van der Waals surface area contributed by atoms with Gasteiger partial charge in [-0.3, -0.25) is 4.98 Å². The van der Waals surface area contributed by atoms with Crippen LogP contribution in [0.15, 0.2) is 66.7 Å². The van der Waals surface area contributed by atoms with E-state index in [4.69, 9.17) is 26.0 Å². The van der Waals surface area contributed by atoms with E-state index in [2.05, 4.69) is 0 Å². The predicted molar refractivity (Wildman–Crippen MR) is 160 cm³/mol. The van der Waals surface area contributed by atoms with E-state index >= 15 is 4.39 Å². The van der Waals surface area contributed by atoms with Crippen molar-refractivity contribution in [3.63, 3.8) is 0 Å². The molecule has 2 fully saturated rings. The molecule has 1 atom stereocenters. The normalized spacial score (nSPS) is 17.9. The Bertz CT molecular complexity index is 1500. The first-order valence-corrected chi connectivity index (χ1v) is 14.2. The van der Waals surface area contributed by atoms with E-state index < -0.39 is 5.60 Å². The van der Waals surface area contributed by atoms with Gasteiger partial charge in [-0.2, -0.15) is 0 Å². The minimum Gasteiger partial charge on any atom is -0.481 e. The number of benzene rings is 2. The van der Waals surface area contributed by atoms with Crippen LogP contribution in [0.5, 0.6) is 0 Å². The van der Waals surface area contributed by atoms with Crippen LogP contribution in [0.3, 0.4) is 0 Å². The summed E-state index contributed by atoms with van der Waals surface area (Å²) in [6, 6.07) is 17.5. The Morgan fingerprint density at radius 2 is 1.78 bits per heavy atom. The number of hydrazine groups is 1. The molecule has 2 aromatic heterocycles. The zero-order valence-electron chi connectivity index (χ0n) is 24.0. The van der Waals surface area contributed by atoms with Crippen molar-refractivity contribution < 1.29 is 19.0 Å². The fourth-order valence-corrected chi connectivity index (χ4v) is 5.77. The summed E-state index contributed by atoms with van der Waals surface area (Å²) >= 11 is 0. The first-order valence-electron chi connectivity index (χ1n) is 14.2. The fourth-order valence-electron chi connectivity index (χ4n) is 5.77. The van der Waals surface area contributed by atoms with Crippen LogP contribution in [-0.4, -0.2) is 47.0 Å². The van der Waals surface area contributed by atoms with Gasteiger partial charge in [0.05, 0.1) is 29.3 Å². The minimum atomic E-state index is -1.21. The molecule has 4 aromatic rings. The molecule has 1 unspecified atom stereocenters.